The highest BCUT2D eigenvalue weighted by molar-refractivity contribution is 14.1. The van der Waals surface area contributed by atoms with Crippen molar-refractivity contribution in [2.24, 2.45) is 0 Å². The summed E-state index contributed by atoms with van der Waals surface area (Å²) >= 11 is 2.58. The molecule has 0 nitrogen and oxygen atoms in total. The lowest BCUT2D eigenvalue weighted by Gasteiger charge is -1.98. The lowest BCUT2D eigenvalue weighted by atomic mass is 10.2. The van der Waals surface area contributed by atoms with E-state index >= 15 is 0 Å². The van der Waals surface area contributed by atoms with E-state index in [1.165, 1.54) is 25.7 Å². The summed E-state index contributed by atoms with van der Waals surface area (Å²) in [5.74, 6) is 0. The summed E-state index contributed by atoms with van der Waals surface area (Å²) in [4.78, 5) is 0. The van der Waals surface area contributed by atoms with Crippen molar-refractivity contribution in [1.29, 1.82) is 0 Å². The Morgan fingerprint density at radius 2 is 2.10 bits per heavy atom. The smallest absolute Gasteiger partial charge is 0.120 e. The van der Waals surface area contributed by atoms with Crippen LogP contribution >= 0.6 is 21.8 Å². The van der Waals surface area contributed by atoms with Gasteiger partial charge in [-0.3, -0.25) is 0 Å². The average Bonchev–Trinajstić information content (AvgIpc) is 1.98. The molecule has 0 saturated carbocycles. The maximum absolute atomic E-state index is 2.58. The van der Waals surface area contributed by atoms with E-state index in [1.54, 1.807) is 5.20 Å². The quantitative estimate of drug-likeness (QED) is 0.408. The monoisotopic (exact) mass is 268 g/mol. The van der Waals surface area contributed by atoms with Gasteiger partial charge in [-0.2, -0.15) is 0 Å². The van der Waals surface area contributed by atoms with Crippen LogP contribution in [0.15, 0.2) is 11.3 Å². The minimum absolute atomic E-state index is 0.128. The van der Waals surface area contributed by atoms with Crippen molar-refractivity contribution in [3.63, 3.8) is 0 Å². The van der Waals surface area contributed by atoms with Gasteiger partial charge in [0.15, 0.2) is 0 Å². The summed E-state index contributed by atoms with van der Waals surface area (Å²) in [5, 5.41) is 1.77. The molecule has 0 atom stereocenters. The van der Waals surface area contributed by atoms with Crippen molar-refractivity contribution in [3.8, 4) is 0 Å². The molecule has 2 heteroatoms. The molecule has 0 spiro atoms. The Kier molecular flexibility index (Phi) is 8.33. The Bertz CT molecular complexity index is 99.4. The first-order valence-corrected chi connectivity index (χ1v) is 9.90. The van der Waals surface area contributed by atoms with E-state index in [2.05, 4.69) is 41.7 Å². The second-order valence-corrected chi connectivity index (χ2v) is 6.00. The summed E-state index contributed by atoms with van der Waals surface area (Å²) in [6, 6.07) is 0. The zero-order valence-corrected chi connectivity index (χ0v) is 10.6. The van der Waals surface area contributed by atoms with Gasteiger partial charge in [0.05, 0.1) is 0 Å². The van der Waals surface area contributed by atoms with Crippen LogP contribution in [0.4, 0.5) is 0 Å². The zero-order valence-electron chi connectivity index (χ0n) is 6.99. The Balaban J connectivity index is 3.55. The van der Waals surface area contributed by atoms with Gasteiger partial charge in [0.25, 0.3) is 0 Å². The Morgan fingerprint density at radius 3 is 2.50 bits per heavy atom. The summed E-state index contributed by atoms with van der Waals surface area (Å²) in [7, 11) is 0.128. The number of unbranched alkanes of at least 4 members (excludes halogenated alkanes) is 1. The average molecular weight is 268 g/mol. The van der Waals surface area contributed by atoms with Gasteiger partial charge in [-0.05, 0) is 12.8 Å². The lowest BCUT2D eigenvalue weighted by Crippen LogP contribution is -1.87. The van der Waals surface area contributed by atoms with Gasteiger partial charge < -0.3 is 0 Å². The molecule has 0 unspecified atom stereocenters. The maximum atomic E-state index is 2.58. The molecule has 0 aromatic carbocycles. The third kappa shape index (κ3) is 5.47. The van der Waals surface area contributed by atoms with Gasteiger partial charge >= 0.3 is 0 Å². The van der Waals surface area contributed by atoms with Gasteiger partial charge in [0.1, 0.15) is 7.02 Å². The van der Waals surface area contributed by atoms with Gasteiger partial charge in [0.2, 0.25) is 0 Å². The van der Waals surface area contributed by atoms with Crippen LogP contribution in [0.2, 0.25) is 0 Å². The van der Waals surface area contributed by atoms with Crippen LogP contribution in [-0.2, 0) is 0 Å². The first-order chi connectivity index (χ1) is 4.85. The summed E-state index contributed by atoms with van der Waals surface area (Å²) in [5.41, 5.74) is 0. The standard InChI is InChI=1S/C8H17ISi/c1-3-5-7-8(10-9)6-4-2/h7H,3-6,10H2,1-2H3. The molecule has 0 amide bonds. The molecule has 0 aromatic rings. The Morgan fingerprint density at radius 1 is 1.40 bits per heavy atom. The summed E-state index contributed by atoms with van der Waals surface area (Å²) < 4.78 is 0. The fraction of sp³-hybridized carbons (Fsp3) is 0.750. The van der Waals surface area contributed by atoms with Crippen LogP contribution in [0, 0.1) is 0 Å². The van der Waals surface area contributed by atoms with E-state index in [0.717, 1.165) is 0 Å². The Labute approximate surface area is 79.5 Å². The van der Waals surface area contributed by atoms with Gasteiger partial charge in [-0.1, -0.05) is 38.0 Å². The molecule has 0 aliphatic rings. The highest BCUT2D eigenvalue weighted by Gasteiger charge is 1.91. The van der Waals surface area contributed by atoms with Gasteiger partial charge in [-0.25, -0.2) is 0 Å². The molecule has 0 bridgehead atoms. The predicted molar refractivity (Wildman–Crippen MR) is 60.5 cm³/mol. The second-order valence-electron chi connectivity index (χ2n) is 2.53. The van der Waals surface area contributed by atoms with Crippen molar-refractivity contribution in [2.75, 3.05) is 0 Å². The molecule has 0 rings (SSSR count). The van der Waals surface area contributed by atoms with E-state index < -0.39 is 0 Å². The Hall–Kier alpha value is 0.687. The zero-order chi connectivity index (χ0) is 7.82. The van der Waals surface area contributed by atoms with E-state index in [4.69, 9.17) is 0 Å². The van der Waals surface area contributed by atoms with Crippen molar-refractivity contribution >= 4 is 28.8 Å². The molecule has 0 saturated heterocycles. The molecular formula is C8H17ISi. The first-order valence-electron chi connectivity index (χ1n) is 4.09. The largest absolute Gasteiger partial charge is 0.122 e. The molecule has 0 fully saturated rings. The molecule has 0 aliphatic heterocycles. The van der Waals surface area contributed by atoms with Crippen LogP contribution in [0.3, 0.4) is 0 Å². The molecule has 0 radical (unpaired) electrons. The fourth-order valence-electron chi connectivity index (χ4n) is 0.893. The van der Waals surface area contributed by atoms with E-state index in [9.17, 15) is 0 Å². The molecule has 0 N–H and O–H groups in total. The highest BCUT2D eigenvalue weighted by atomic mass is 127. The topological polar surface area (TPSA) is 0 Å². The van der Waals surface area contributed by atoms with Crippen molar-refractivity contribution in [1.82, 2.24) is 0 Å². The minimum Gasteiger partial charge on any atom is -0.122 e. The number of allylic oxidation sites excluding steroid dienone is 2. The molecular weight excluding hydrogens is 251 g/mol. The molecule has 60 valence electrons. The van der Waals surface area contributed by atoms with Gasteiger partial charge in [0, 0.05) is 0 Å². The van der Waals surface area contributed by atoms with Crippen LogP contribution in [0.5, 0.6) is 0 Å². The van der Waals surface area contributed by atoms with Crippen molar-refractivity contribution in [3.05, 3.63) is 11.3 Å². The molecule has 0 aromatic heterocycles. The first kappa shape index (κ1) is 10.7. The third-order valence-corrected chi connectivity index (χ3v) is 5.39. The number of hydrogen-bond acceptors (Lipinski definition) is 0. The second kappa shape index (κ2) is 7.79. The third-order valence-electron chi connectivity index (χ3n) is 1.46. The van der Waals surface area contributed by atoms with Crippen molar-refractivity contribution in [2.45, 2.75) is 39.5 Å². The number of hydrogen-bond donors (Lipinski definition) is 0. The minimum atomic E-state index is 0.128. The summed E-state index contributed by atoms with van der Waals surface area (Å²) in [6.45, 7) is 4.51. The molecule has 0 aliphatic carbocycles. The highest BCUT2D eigenvalue weighted by Crippen LogP contribution is 2.07. The molecule has 0 heterocycles. The van der Waals surface area contributed by atoms with E-state index in [1.807, 2.05) is 0 Å². The van der Waals surface area contributed by atoms with E-state index in [-0.39, 0.29) is 7.02 Å². The van der Waals surface area contributed by atoms with Crippen LogP contribution in [0.1, 0.15) is 39.5 Å². The predicted octanol–water partition coefficient (Wildman–Crippen LogP) is 2.99. The van der Waals surface area contributed by atoms with Gasteiger partial charge in [-0.15, -0.1) is 21.8 Å². The maximum Gasteiger partial charge on any atom is 0.120 e. The number of rotatable bonds is 5. The van der Waals surface area contributed by atoms with Crippen LogP contribution < -0.4 is 0 Å². The fourth-order valence-corrected chi connectivity index (χ4v) is 3.77. The van der Waals surface area contributed by atoms with E-state index in [0.29, 0.717) is 0 Å². The normalized spacial score (nSPS) is 13.3. The van der Waals surface area contributed by atoms with Crippen molar-refractivity contribution < 1.29 is 0 Å². The van der Waals surface area contributed by atoms with Crippen LogP contribution in [-0.4, -0.2) is 7.02 Å². The summed E-state index contributed by atoms with van der Waals surface area (Å²) in [6.07, 6.45) is 7.74. The lowest BCUT2D eigenvalue weighted by molar-refractivity contribution is 0.909. The molecule has 10 heavy (non-hydrogen) atoms. The number of halogens is 1. The van der Waals surface area contributed by atoms with Crippen LogP contribution in [0.25, 0.3) is 0 Å². The SMILES string of the molecule is CCCC=C(CCC)[SiH2]I.